The highest BCUT2D eigenvalue weighted by Gasteiger charge is 2.17. The van der Waals surface area contributed by atoms with Gasteiger partial charge < -0.3 is 10.6 Å². The maximum absolute atomic E-state index is 9.02. The summed E-state index contributed by atoms with van der Waals surface area (Å²) in [5, 5.41) is 22.0. The van der Waals surface area contributed by atoms with Crippen molar-refractivity contribution >= 4 is 11.7 Å². The van der Waals surface area contributed by atoms with Gasteiger partial charge >= 0.3 is 0 Å². The van der Waals surface area contributed by atoms with E-state index >= 15 is 0 Å². The van der Waals surface area contributed by atoms with Crippen LogP contribution in [-0.4, -0.2) is 64.5 Å². The second kappa shape index (κ2) is 4.97. The van der Waals surface area contributed by atoms with E-state index in [1.807, 2.05) is 17.5 Å². The van der Waals surface area contributed by atoms with Crippen molar-refractivity contribution in [1.82, 2.24) is 25.7 Å². The third kappa shape index (κ3) is 2.63. The number of hydrogen-bond donors (Lipinski definition) is 3. The Bertz CT molecular complexity index is 396. The van der Waals surface area contributed by atoms with Gasteiger partial charge in [0.1, 0.15) is 0 Å². The van der Waals surface area contributed by atoms with E-state index in [4.69, 9.17) is 10.9 Å². The molecule has 0 radical (unpaired) electrons. The first kappa shape index (κ1) is 11.6. The van der Waals surface area contributed by atoms with Crippen molar-refractivity contribution in [3.8, 4) is 0 Å². The number of piperazine rings is 1. The fourth-order valence-corrected chi connectivity index (χ4v) is 1.52. The van der Waals surface area contributed by atoms with E-state index in [1.54, 1.807) is 0 Å². The van der Waals surface area contributed by atoms with Crippen molar-refractivity contribution in [3.63, 3.8) is 0 Å². The van der Waals surface area contributed by atoms with E-state index in [0.29, 0.717) is 0 Å². The number of anilines is 1. The molecule has 17 heavy (non-hydrogen) atoms. The minimum absolute atomic E-state index is 0.0828. The van der Waals surface area contributed by atoms with Crippen LogP contribution in [0.4, 0.5) is 5.82 Å². The first-order chi connectivity index (χ1) is 8.20. The molecule has 0 bridgehead atoms. The van der Waals surface area contributed by atoms with Crippen LogP contribution < -0.4 is 11.2 Å². The van der Waals surface area contributed by atoms with Crippen molar-refractivity contribution in [2.24, 2.45) is 5.10 Å². The Morgan fingerprint density at radius 1 is 1.41 bits per heavy atom. The van der Waals surface area contributed by atoms with Gasteiger partial charge in [0, 0.05) is 26.2 Å². The van der Waals surface area contributed by atoms with Crippen LogP contribution in [0.5, 0.6) is 0 Å². The van der Waals surface area contributed by atoms with Crippen LogP contribution in [0.25, 0.3) is 0 Å². The molecule has 0 amide bonds. The van der Waals surface area contributed by atoms with Gasteiger partial charge in [-0.05, 0) is 17.4 Å². The van der Waals surface area contributed by atoms with Crippen LogP contribution in [-0.2, 0) is 0 Å². The molecule has 9 heteroatoms. The molecule has 94 valence electrons. The third-order valence-corrected chi connectivity index (χ3v) is 2.57. The van der Waals surface area contributed by atoms with Crippen molar-refractivity contribution in [2.75, 3.05) is 39.0 Å². The lowest BCUT2D eigenvalue weighted by Crippen LogP contribution is -2.43. The first-order valence-electron chi connectivity index (χ1n) is 5.21. The van der Waals surface area contributed by atoms with Crippen LogP contribution in [0.1, 0.15) is 5.69 Å². The number of amidine groups is 1. The zero-order chi connectivity index (χ0) is 12.3. The fraction of sp³-hybridized carbons (Fsp3) is 0.625. The van der Waals surface area contributed by atoms with Crippen LogP contribution in [0.2, 0.25) is 0 Å². The van der Waals surface area contributed by atoms with Crippen molar-refractivity contribution < 1.29 is 9.84 Å². The number of nitrogens with zero attached hydrogens (tertiary/aromatic N) is 5. The minimum Gasteiger partial charge on any atom is -0.379 e. The maximum Gasteiger partial charge on any atom is 0.203 e. The monoisotopic (exact) mass is 241 g/mol. The summed E-state index contributed by atoms with van der Waals surface area (Å²) in [6.45, 7) is 3.36. The van der Waals surface area contributed by atoms with Gasteiger partial charge in [0.05, 0.1) is 0 Å². The second-order valence-electron chi connectivity index (χ2n) is 3.82. The predicted molar refractivity (Wildman–Crippen MR) is 59.2 cm³/mol. The van der Waals surface area contributed by atoms with Gasteiger partial charge in [-0.25, -0.2) is 10.1 Å². The minimum atomic E-state index is 0.0828. The van der Waals surface area contributed by atoms with Crippen molar-refractivity contribution in [1.29, 1.82) is 0 Å². The SMILES string of the molecule is CN1CCN(N=C(NO)c2nonc2N)CC1. The lowest BCUT2D eigenvalue weighted by molar-refractivity contribution is 0.154. The topological polar surface area (TPSA) is 116 Å². The lowest BCUT2D eigenvalue weighted by Gasteiger charge is -2.30. The molecule has 0 atom stereocenters. The zero-order valence-corrected chi connectivity index (χ0v) is 9.50. The molecule has 0 saturated carbocycles. The predicted octanol–water partition coefficient (Wildman–Crippen LogP) is -1.46. The number of rotatable bonds is 2. The summed E-state index contributed by atoms with van der Waals surface area (Å²) < 4.78 is 4.45. The molecule has 0 aromatic carbocycles. The highest BCUT2D eigenvalue weighted by molar-refractivity contribution is 5.99. The molecule has 9 nitrogen and oxygen atoms in total. The number of likely N-dealkylation sites (N-methyl/N-ethyl adjacent to an activating group) is 1. The summed E-state index contributed by atoms with van der Waals surface area (Å²) in [6, 6.07) is 0. The normalized spacial score (nSPS) is 18.5. The molecule has 2 rings (SSSR count). The second-order valence-corrected chi connectivity index (χ2v) is 3.82. The van der Waals surface area contributed by atoms with Crippen LogP contribution in [0.3, 0.4) is 0 Å². The molecule has 4 N–H and O–H groups in total. The smallest absolute Gasteiger partial charge is 0.203 e. The lowest BCUT2D eigenvalue weighted by atomic mass is 10.4. The molecule has 1 aliphatic heterocycles. The van der Waals surface area contributed by atoms with Crippen LogP contribution in [0.15, 0.2) is 9.73 Å². The number of nitrogen functional groups attached to an aromatic ring is 1. The fourth-order valence-electron chi connectivity index (χ4n) is 1.52. The average Bonchev–Trinajstić information content (AvgIpc) is 2.75. The van der Waals surface area contributed by atoms with Gasteiger partial charge in [0.2, 0.25) is 5.84 Å². The molecule has 1 aromatic heterocycles. The average molecular weight is 241 g/mol. The standard InChI is InChI=1S/C8H15N7O2/c1-14-2-4-15(5-3-14)10-8(11-16)6-7(9)13-17-12-6/h16H,2-5H2,1H3,(H2,9,13)(H,10,11). The zero-order valence-electron chi connectivity index (χ0n) is 9.50. The summed E-state index contributed by atoms with van der Waals surface area (Å²) in [5.74, 6) is 0.215. The molecule has 1 aliphatic rings. The van der Waals surface area contributed by atoms with E-state index in [9.17, 15) is 0 Å². The Labute approximate surface area is 97.8 Å². The van der Waals surface area contributed by atoms with Crippen LogP contribution >= 0.6 is 0 Å². The van der Waals surface area contributed by atoms with Gasteiger partial charge in [-0.15, -0.1) is 0 Å². The maximum atomic E-state index is 9.02. The van der Waals surface area contributed by atoms with E-state index in [0.717, 1.165) is 26.2 Å². The summed E-state index contributed by atoms with van der Waals surface area (Å²) in [4.78, 5) is 2.20. The molecular formula is C8H15N7O2. The number of nitrogens with one attached hydrogen (secondary N) is 1. The van der Waals surface area contributed by atoms with Crippen molar-refractivity contribution in [2.45, 2.75) is 0 Å². The first-order valence-corrected chi connectivity index (χ1v) is 5.21. The Hall–Kier alpha value is -1.87. The Kier molecular flexibility index (Phi) is 3.40. The van der Waals surface area contributed by atoms with Gasteiger partial charge in [-0.3, -0.25) is 10.2 Å². The molecule has 1 fully saturated rings. The van der Waals surface area contributed by atoms with E-state index < -0.39 is 0 Å². The molecule has 1 saturated heterocycles. The molecule has 0 spiro atoms. The van der Waals surface area contributed by atoms with E-state index in [1.165, 1.54) is 0 Å². The quantitative estimate of drug-likeness (QED) is 0.327. The number of hydroxylamine groups is 1. The van der Waals surface area contributed by atoms with E-state index in [2.05, 4.69) is 24.9 Å². The highest BCUT2D eigenvalue weighted by Crippen LogP contribution is 2.07. The summed E-state index contributed by atoms with van der Waals surface area (Å²) in [6.07, 6.45) is 0. The number of nitrogens with two attached hydrogens (primary N) is 1. The van der Waals surface area contributed by atoms with Crippen molar-refractivity contribution in [3.05, 3.63) is 5.69 Å². The Balaban J connectivity index is 2.10. The van der Waals surface area contributed by atoms with Gasteiger partial charge in [0.15, 0.2) is 11.5 Å². The van der Waals surface area contributed by atoms with Crippen LogP contribution in [0, 0.1) is 0 Å². The highest BCUT2D eigenvalue weighted by atomic mass is 16.6. The molecular weight excluding hydrogens is 226 g/mol. The molecule has 0 aliphatic carbocycles. The largest absolute Gasteiger partial charge is 0.379 e. The van der Waals surface area contributed by atoms with E-state index in [-0.39, 0.29) is 17.3 Å². The Morgan fingerprint density at radius 2 is 2.12 bits per heavy atom. The third-order valence-electron chi connectivity index (χ3n) is 2.57. The summed E-state index contributed by atoms with van der Waals surface area (Å²) in [7, 11) is 2.05. The number of hydrazone groups is 1. The molecule has 2 heterocycles. The number of hydrogen-bond acceptors (Lipinski definition) is 8. The summed E-state index contributed by atoms with van der Waals surface area (Å²) in [5.41, 5.74) is 7.67. The number of aromatic nitrogens is 2. The van der Waals surface area contributed by atoms with Gasteiger partial charge in [0.25, 0.3) is 0 Å². The van der Waals surface area contributed by atoms with Gasteiger partial charge in [-0.1, -0.05) is 0 Å². The molecule has 0 unspecified atom stereocenters. The Morgan fingerprint density at radius 3 is 2.65 bits per heavy atom. The summed E-state index contributed by atoms with van der Waals surface area (Å²) >= 11 is 0. The molecule has 1 aromatic rings. The van der Waals surface area contributed by atoms with Gasteiger partial charge in [-0.2, -0.15) is 5.10 Å².